The lowest BCUT2D eigenvalue weighted by Gasteiger charge is -2.23. The average Bonchev–Trinajstić information content (AvgIpc) is 2.70. The number of nitrogens with one attached hydrogen (secondary N) is 1. The second-order valence-electron chi connectivity index (χ2n) is 5.53. The Morgan fingerprint density at radius 3 is 2.56 bits per heavy atom. The molecule has 0 radical (unpaired) electrons. The molecule has 0 fully saturated rings. The van der Waals surface area contributed by atoms with Gasteiger partial charge in [-0.05, 0) is 17.5 Å². The number of hydroxylamine groups is 1. The van der Waals surface area contributed by atoms with E-state index in [-0.39, 0.29) is 11.5 Å². The molecule has 4 nitrogen and oxygen atoms in total. The molecule has 0 saturated carbocycles. The molecule has 1 unspecified atom stereocenters. The number of hydrogen-bond donors (Lipinski definition) is 1. The Morgan fingerprint density at radius 1 is 1.28 bits per heavy atom. The third-order valence-corrected chi connectivity index (χ3v) is 3.16. The summed E-state index contributed by atoms with van der Waals surface area (Å²) in [6.07, 6.45) is 0. The lowest BCUT2D eigenvalue weighted by Crippen LogP contribution is -2.20. The van der Waals surface area contributed by atoms with Gasteiger partial charge in [0.2, 0.25) is 0 Å². The van der Waals surface area contributed by atoms with Crippen molar-refractivity contribution in [3.05, 3.63) is 23.3 Å². The molecule has 0 aliphatic carbocycles. The summed E-state index contributed by atoms with van der Waals surface area (Å²) in [5.74, 6) is 1.81. The number of hydrogen-bond acceptors (Lipinski definition) is 4. The van der Waals surface area contributed by atoms with Gasteiger partial charge in [0.15, 0.2) is 0 Å². The van der Waals surface area contributed by atoms with Crippen molar-refractivity contribution in [2.75, 3.05) is 20.8 Å². The molecule has 1 aromatic carbocycles. The van der Waals surface area contributed by atoms with Crippen molar-refractivity contribution in [3.8, 4) is 11.5 Å². The maximum absolute atomic E-state index is 5.82. The van der Waals surface area contributed by atoms with Crippen LogP contribution in [0.1, 0.15) is 37.9 Å². The van der Waals surface area contributed by atoms with Crippen molar-refractivity contribution in [1.82, 2.24) is 5.48 Å². The smallest absolute Gasteiger partial charge is 0.128 e. The fraction of sp³-hybridized carbons (Fsp3) is 0.571. The Labute approximate surface area is 108 Å². The summed E-state index contributed by atoms with van der Waals surface area (Å²) < 4.78 is 11.2. The molecule has 1 N–H and O–H groups in total. The van der Waals surface area contributed by atoms with E-state index in [4.69, 9.17) is 14.3 Å². The topological polar surface area (TPSA) is 39.7 Å². The minimum absolute atomic E-state index is 0.0145. The first-order chi connectivity index (χ1) is 8.47. The van der Waals surface area contributed by atoms with E-state index in [9.17, 15) is 0 Å². The molecule has 0 aromatic heterocycles. The summed E-state index contributed by atoms with van der Waals surface area (Å²) in [6, 6.07) is 4.11. The highest BCUT2D eigenvalue weighted by atomic mass is 16.6. The van der Waals surface area contributed by atoms with Crippen molar-refractivity contribution >= 4 is 0 Å². The van der Waals surface area contributed by atoms with Crippen molar-refractivity contribution < 1.29 is 14.3 Å². The summed E-state index contributed by atoms with van der Waals surface area (Å²) in [5.41, 5.74) is 5.23. The highest BCUT2D eigenvalue weighted by molar-refractivity contribution is 5.53. The van der Waals surface area contributed by atoms with Crippen LogP contribution in [-0.4, -0.2) is 20.8 Å². The molecule has 0 bridgehead atoms. The van der Waals surface area contributed by atoms with Gasteiger partial charge in [0, 0.05) is 11.1 Å². The minimum atomic E-state index is 0.0145. The normalized spacial score (nSPS) is 18.4. The van der Waals surface area contributed by atoms with E-state index >= 15 is 0 Å². The van der Waals surface area contributed by atoms with Crippen molar-refractivity contribution in [3.63, 3.8) is 0 Å². The molecule has 4 heteroatoms. The van der Waals surface area contributed by atoms with Crippen LogP contribution in [0.25, 0.3) is 0 Å². The average molecular weight is 251 g/mol. The largest absolute Gasteiger partial charge is 0.497 e. The Morgan fingerprint density at radius 2 is 2.00 bits per heavy atom. The van der Waals surface area contributed by atoms with E-state index in [2.05, 4.69) is 26.3 Å². The molecule has 0 spiro atoms. The fourth-order valence-corrected chi connectivity index (χ4v) is 2.21. The van der Waals surface area contributed by atoms with E-state index < -0.39 is 0 Å². The summed E-state index contributed by atoms with van der Waals surface area (Å²) in [7, 11) is 3.30. The first kappa shape index (κ1) is 13.2. The SMILES string of the molecule is CONC1COc2c1cc(OC)cc2C(C)(C)C. The van der Waals surface area contributed by atoms with E-state index in [0.29, 0.717) is 6.61 Å². The minimum Gasteiger partial charge on any atom is -0.497 e. The van der Waals surface area contributed by atoms with E-state index in [1.54, 1.807) is 14.2 Å². The monoisotopic (exact) mass is 251 g/mol. The van der Waals surface area contributed by atoms with Crippen LogP contribution in [-0.2, 0) is 10.3 Å². The third kappa shape index (κ3) is 2.31. The van der Waals surface area contributed by atoms with Gasteiger partial charge in [-0.1, -0.05) is 20.8 Å². The van der Waals surface area contributed by atoms with E-state index in [1.807, 2.05) is 12.1 Å². The van der Waals surface area contributed by atoms with Crippen molar-refractivity contribution in [2.45, 2.75) is 32.2 Å². The highest BCUT2D eigenvalue weighted by Gasteiger charge is 2.31. The Hall–Kier alpha value is -1.26. The summed E-state index contributed by atoms with van der Waals surface area (Å²) >= 11 is 0. The Balaban J connectivity index is 2.51. The van der Waals surface area contributed by atoms with Gasteiger partial charge < -0.3 is 14.3 Å². The molecule has 1 aliphatic heterocycles. The van der Waals surface area contributed by atoms with Gasteiger partial charge in [-0.2, -0.15) is 5.48 Å². The number of methoxy groups -OCH3 is 1. The summed E-state index contributed by atoms with van der Waals surface area (Å²) in [6.45, 7) is 7.09. The van der Waals surface area contributed by atoms with Gasteiger partial charge in [0.1, 0.15) is 18.1 Å². The highest BCUT2D eigenvalue weighted by Crippen LogP contribution is 2.43. The molecule has 18 heavy (non-hydrogen) atoms. The quantitative estimate of drug-likeness (QED) is 0.838. The van der Waals surface area contributed by atoms with Crippen LogP contribution in [0.3, 0.4) is 0 Å². The van der Waals surface area contributed by atoms with Gasteiger partial charge in [0.05, 0.1) is 20.3 Å². The van der Waals surface area contributed by atoms with Crippen molar-refractivity contribution in [1.29, 1.82) is 0 Å². The third-order valence-electron chi connectivity index (χ3n) is 3.16. The predicted octanol–water partition coefficient (Wildman–Crippen LogP) is 2.58. The van der Waals surface area contributed by atoms with Gasteiger partial charge in [-0.3, -0.25) is 0 Å². The van der Waals surface area contributed by atoms with Crippen LogP contribution in [0, 0.1) is 0 Å². The van der Waals surface area contributed by atoms with Crippen LogP contribution in [0.4, 0.5) is 0 Å². The fourth-order valence-electron chi connectivity index (χ4n) is 2.21. The number of benzene rings is 1. The van der Waals surface area contributed by atoms with E-state index in [0.717, 1.165) is 22.6 Å². The molecule has 100 valence electrons. The first-order valence-corrected chi connectivity index (χ1v) is 6.11. The zero-order valence-corrected chi connectivity index (χ0v) is 11.7. The van der Waals surface area contributed by atoms with Crippen LogP contribution in [0.5, 0.6) is 11.5 Å². The van der Waals surface area contributed by atoms with E-state index in [1.165, 1.54) is 0 Å². The molecule has 2 rings (SSSR count). The van der Waals surface area contributed by atoms with Crippen LogP contribution >= 0.6 is 0 Å². The molecule has 0 amide bonds. The van der Waals surface area contributed by atoms with Crippen LogP contribution in [0.2, 0.25) is 0 Å². The van der Waals surface area contributed by atoms with Crippen LogP contribution < -0.4 is 15.0 Å². The Bertz CT molecular complexity index is 437. The first-order valence-electron chi connectivity index (χ1n) is 6.11. The lowest BCUT2D eigenvalue weighted by molar-refractivity contribution is 0.0535. The lowest BCUT2D eigenvalue weighted by atomic mass is 9.84. The van der Waals surface area contributed by atoms with Gasteiger partial charge in [0.25, 0.3) is 0 Å². The zero-order chi connectivity index (χ0) is 13.3. The number of rotatable bonds is 3. The predicted molar refractivity (Wildman–Crippen MR) is 70.1 cm³/mol. The van der Waals surface area contributed by atoms with Crippen LogP contribution in [0.15, 0.2) is 12.1 Å². The molecule has 1 aliphatic rings. The van der Waals surface area contributed by atoms with Gasteiger partial charge >= 0.3 is 0 Å². The zero-order valence-electron chi connectivity index (χ0n) is 11.7. The number of fused-ring (bicyclic) bond motifs is 1. The standard InChI is InChI=1S/C14H21NO3/c1-14(2,3)11-7-9(16-4)6-10-12(15-17-5)8-18-13(10)11/h6-7,12,15H,8H2,1-5H3. The summed E-state index contributed by atoms with van der Waals surface area (Å²) in [5, 5.41) is 0. The van der Waals surface area contributed by atoms with Crippen molar-refractivity contribution in [2.24, 2.45) is 0 Å². The number of ether oxygens (including phenoxy) is 2. The van der Waals surface area contributed by atoms with Gasteiger partial charge in [-0.25, -0.2) is 0 Å². The molecule has 1 aromatic rings. The second kappa shape index (κ2) is 4.78. The maximum Gasteiger partial charge on any atom is 0.128 e. The molecular weight excluding hydrogens is 230 g/mol. The molecule has 1 heterocycles. The second-order valence-corrected chi connectivity index (χ2v) is 5.53. The summed E-state index contributed by atoms with van der Waals surface area (Å²) in [4.78, 5) is 5.01. The molecule has 0 saturated heterocycles. The molecular formula is C14H21NO3. The maximum atomic E-state index is 5.82. The van der Waals surface area contributed by atoms with Gasteiger partial charge in [-0.15, -0.1) is 0 Å². The molecule has 1 atom stereocenters. The Kier molecular flexibility index (Phi) is 3.50.